The molecule has 0 fully saturated rings. The highest BCUT2D eigenvalue weighted by molar-refractivity contribution is 5.47. The first-order valence-corrected chi connectivity index (χ1v) is 4.99. The lowest BCUT2D eigenvalue weighted by Gasteiger charge is -2.22. The van der Waals surface area contributed by atoms with Crippen molar-refractivity contribution in [2.75, 3.05) is 6.54 Å². The maximum atomic E-state index is 5.69. The molecular formula is C13H19N. The van der Waals surface area contributed by atoms with E-state index in [2.05, 4.69) is 44.7 Å². The van der Waals surface area contributed by atoms with Gasteiger partial charge in [0.25, 0.3) is 0 Å². The Kier molecular flexibility index (Phi) is 3.48. The highest BCUT2D eigenvalue weighted by Crippen LogP contribution is 2.20. The predicted molar refractivity (Wildman–Crippen MR) is 63.1 cm³/mol. The van der Waals surface area contributed by atoms with E-state index in [0.717, 1.165) is 13.0 Å². The van der Waals surface area contributed by atoms with Gasteiger partial charge in [-0.3, -0.25) is 0 Å². The summed E-state index contributed by atoms with van der Waals surface area (Å²) >= 11 is 0. The normalized spacial score (nSPS) is 11.4. The molecule has 0 aliphatic carbocycles. The summed E-state index contributed by atoms with van der Waals surface area (Å²) in [5.41, 5.74) is 8.39. The van der Waals surface area contributed by atoms with Gasteiger partial charge in [0.05, 0.1) is 0 Å². The van der Waals surface area contributed by atoms with Crippen molar-refractivity contribution in [1.82, 2.24) is 0 Å². The molecule has 76 valence electrons. The summed E-state index contributed by atoms with van der Waals surface area (Å²) in [5.74, 6) is 0. The molecule has 1 nitrogen and oxygen atoms in total. The summed E-state index contributed by atoms with van der Waals surface area (Å²) in [6.07, 6.45) is 2.89. The van der Waals surface area contributed by atoms with Gasteiger partial charge in [0.1, 0.15) is 0 Å². The molecule has 0 aliphatic rings. The fourth-order valence-corrected chi connectivity index (χ4v) is 1.40. The lowest BCUT2D eigenvalue weighted by Crippen LogP contribution is -2.25. The second kappa shape index (κ2) is 4.43. The molecule has 0 heterocycles. The molecule has 0 atom stereocenters. The van der Waals surface area contributed by atoms with Gasteiger partial charge in [0, 0.05) is 0 Å². The summed E-state index contributed by atoms with van der Waals surface area (Å²) in [5, 5.41) is 0. The van der Waals surface area contributed by atoms with E-state index in [-0.39, 0.29) is 5.41 Å². The third kappa shape index (κ3) is 3.00. The number of hydrogen-bond acceptors (Lipinski definition) is 1. The van der Waals surface area contributed by atoms with Gasteiger partial charge in [-0.25, -0.2) is 0 Å². The third-order valence-corrected chi connectivity index (χ3v) is 2.45. The predicted octanol–water partition coefficient (Wildman–Crippen LogP) is 2.86. The highest BCUT2D eigenvalue weighted by atomic mass is 14.6. The molecule has 0 bridgehead atoms. The molecular weight excluding hydrogens is 170 g/mol. The van der Waals surface area contributed by atoms with E-state index in [0.29, 0.717) is 0 Å². The lowest BCUT2D eigenvalue weighted by molar-refractivity contribution is 0.377. The van der Waals surface area contributed by atoms with Gasteiger partial charge in [0.2, 0.25) is 0 Å². The molecule has 1 rings (SSSR count). The van der Waals surface area contributed by atoms with Crippen LogP contribution in [0.4, 0.5) is 0 Å². The zero-order valence-corrected chi connectivity index (χ0v) is 9.09. The van der Waals surface area contributed by atoms with Crippen molar-refractivity contribution >= 4 is 6.08 Å². The van der Waals surface area contributed by atoms with Crippen molar-refractivity contribution in [3.8, 4) is 0 Å². The molecule has 14 heavy (non-hydrogen) atoms. The number of nitrogens with two attached hydrogens (primary N) is 1. The van der Waals surface area contributed by atoms with E-state index in [4.69, 9.17) is 5.73 Å². The first-order valence-electron chi connectivity index (χ1n) is 4.99. The van der Waals surface area contributed by atoms with E-state index in [1.54, 1.807) is 0 Å². The number of rotatable bonds is 4. The van der Waals surface area contributed by atoms with Crippen molar-refractivity contribution < 1.29 is 0 Å². The van der Waals surface area contributed by atoms with Crippen molar-refractivity contribution in [2.24, 2.45) is 11.1 Å². The van der Waals surface area contributed by atoms with Crippen LogP contribution < -0.4 is 5.73 Å². The van der Waals surface area contributed by atoms with Gasteiger partial charge in [0.15, 0.2) is 0 Å². The Labute approximate surface area is 86.6 Å². The van der Waals surface area contributed by atoms with Crippen molar-refractivity contribution in [3.05, 3.63) is 42.0 Å². The summed E-state index contributed by atoms with van der Waals surface area (Å²) in [6, 6.07) is 8.48. The van der Waals surface area contributed by atoms with Crippen LogP contribution in [0.25, 0.3) is 6.08 Å². The Bertz CT molecular complexity index is 296. The van der Waals surface area contributed by atoms with Crippen molar-refractivity contribution in [2.45, 2.75) is 20.3 Å². The fourth-order valence-electron chi connectivity index (χ4n) is 1.40. The fraction of sp³-hybridized carbons (Fsp3) is 0.385. The average Bonchev–Trinajstić information content (AvgIpc) is 2.19. The lowest BCUT2D eigenvalue weighted by atomic mass is 9.86. The third-order valence-electron chi connectivity index (χ3n) is 2.45. The smallest absolute Gasteiger partial charge is 0.00226 e. The summed E-state index contributed by atoms with van der Waals surface area (Å²) in [4.78, 5) is 0. The standard InChI is InChI=1S/C13H19N/c1-4-11-5-7-12(8-6-11)9-13(2,3)10-14/h4-8H,1,9-10,14H2,2-3H3. The van der Waals surface area contributed by atoms with E-state index < -0.39 is 0 Å². The van der Waals surface area contributed by atoms with Crippen LogP contribution in [-0.2, 0) is 6.42 Å². The maximum Gasteiger partial charge on any atom is -0.00226 e. The summed E-state index contributed by atoms with van der Waals surface area (Å²) < 4.78 is 0. The van der Waals surface area contributed by atoms with Crippen LogP contribution in [0.15, 0.2) is 30.8 Å². The molecule has 0 aliphatic heterocycles. The SMILES string of the molecule is C=Cc1ccc(CC(C)(C)CN)cc1. The van der Waals surface area contributed by atoms with Gasteiger partial charge >= 0.3 is 0 Å². The molecule has 0 spiro atoms. The van der Waals surface area contributed by atoms with Crippen molar-refractivity contribution in [3.63, 3.8) is 0 Å². The molecule has 1 heteroatoms. The van der Waals surface area contributed by atoms with Crippen LogP contribution >= 0.6 is 0 Å². The van der Waals surface area contributed by atoms with Gasteiger partial charge in [-0.1, -0.05) is 50.8 Å². The molecule has 0 saturated carbocycles. The monoisotopic (exact) mass is 189 g/mol. The largest absolute Gasteiger partial charge is 0.330 e. The molecule has 0 unspecified atom stereocenters. The molecule has 1 aromatic rings. The average molecular weight is 189 g/mol. The summed E-state index contributed by atoms with van der Waals surface area (Å²) in [7, 11) is 0. The second-order valence-corrected chi connectivity index (χ2v) is 4.49. The van der Waals surface area contributed by atoms with Crippen LogP contribution in [0.2, 0.25) is 0 Å². The van der Waals surface area contributed by atoms with E-state index in [1.807, 2.05) is 6.08 Å². The molecule has 1 aromatic carbocycles. The van der Waals surface area contributed by atoms with Crippen LogP contribution in [0.5, 0.6) is 0 Å². The number of benzene rings is 1. The zero-order chi connectivity index (χ0) is 10.6. The van der Waals surface area contributed by atoms with Gasteiger partial charge in [-0.2, -0.15) is 0 Å². The Morgan fingerprint density at radius 3 is 2.29 bits per heavy atom. The minimum atomic E-state index is 0.190. The first-order chi connectivity index (χ1) is 6.57. The Balaban J connectivity index is 2.73. The Morgan fingerprint density at radius 1 is 1.29 bits per heavy atom. The number of hydrogen-bond donors (Lipinski definition) is 1. The second-order valence-electron chi connectivity index (χ2n) is 4.49. The minimum absolute atomic E-state index is 0.190. The molecule has 0 radical (unpaired) electrons. The topological polar surface area (TPSA) is 26.0 Å². The van der Waals surface area contributed by atoms with E-state index in [1.165, 1.54) is 11.1 Å². The quantitative estimate of drug-likeness (QED) is 0.774. The summed E-state index contributed by atoms with van der Waals surface area (Å²) in [6.45, 7) is 8.83. The maximum absolute atomic E-state index is 5.69. The van der Waals surface area contributed by atoms with Crippen molar-refractivity contribution in [1.29, 1.82) is 0 Å². The van der Waals surface area contributed by atoms with Gasteiger partial charge in [-0.15, -0.1) is 0 Å². The van der Waals surface area contributed by atoms with Crippen LogP contribution in [0.3, 0.4) is 0 Å². The molecule has 0 aromatic heterocycles. The highest BCUT2D eigenvalue weighted by Gasteiger charge is 2.15. The van der Waals surface area contributed by atoms with Gasteiger partial charge < -0.3 is 5.73 Å². The first kappa shape index (κ1) is 11.0. The minimum Gasteiger partial charge on any atom is -0.330 e. The Morgan fingerprint density at radius 2 is 1.86 bits per heavy atom. The molecule has 0 amide bonds. The molecule has 0 saturated heterocycles. The van der Waals surface area contributed by atoms with Crippen LogP contribution in [0.1, 0.15) is 25.0 Å². The molecule has 2 N–H and O–H groups in total. The zero-order valence-electron chi connectivity index (χ0n) is 9.09. The van der Waals surface area contributed by atoms with Crippen LogP contribution in [0, 0.1) is 5.41 Å². The van der Waals surface area contributed by atoms with E-state index in [9.17, 15) is 0 Å². The Hall–Kier alpha value is -1.08. The van der Waals surface area contributed by atoms with Gasteiger partial charge in [-0.05, 0) is 29.5 Å². The van der Waals surface area contributed by atoms with Crippen LogP contribution in [-0.4, -0.2) is 6.54 Å². The van der Waals surface area contributed by atoms with E-state index >= 15 is 0 Å².